The van der Waals surface area contributed by atoms with Gasteiger partial charge in [0.15, 0.2) is 31.6 Å². The molecule has 138 valence electrons. The first-order valence-electron chi connectivity index (χ1n) is 7.90. The fourth-order valence-corrected chi connectivity index (χ4v) is 6.55. The number of aromatic nitrogens is 1. The van der Waals surface area contributed by atoms with E-state index in [1.165, 1.54) is 11.3 Å². The van der Waals surface area contributed by atoms with Crippen LogP contribution in [0.1, 0.15) is 0 Å². The van der Waals surface area contributed by atoms with Gasteiger partial charge in [-0.2, -0.15) is 0 Å². The molecule has 7 nitrogen and oxygen atoms in total. The zero-order valence-electron chi connectivity index (χ0n) is 14.1. The number of hydrogen-bond donors (Lipinski definition) is 1. The lowest BCUT2D eigenvalue weighted by molar-refractivity contribution is 0.355. The van der Waals surface area contributed by atoms with Gasteiger partial charge in [-0.3, -0.25) is 4.90 Å². The number of nitrogens with zero attached hydrogens (tertiary/aromatic N) is 2. The van der Waals surface area contributed by atoms with Crippen LogP contribution in [0.5, 0.6) is 11.5 Å². The Labute approximate surface area is 160 Å². The molecule has 0 amide bonds. The van der Waals surface area contributed by atoms with Crippen LogP contribution in [0.25, 0.3) is 11.3 Å². The van der Waals surface area contributed by atoms with Crippen molar-refractivity contribution in [2.45, 2.75) is 12.1 Å². The van der Waals surface area contributed by atoms with Crippen LogP contribution in [0.3, 0.4) is 0 Å². The van der Waals surface area contributed by atoms with E-state index in [2.05, 4.69) is 10.3 Å². The van der Waals surface area contributed by atoms with Crippen LogP contribution in [0, 0.1) is 0 Å². The average Bonchev–Trinajstić information content (AvgIpc) is 3.26. The van der Waals surface area contributed by atoms with Gasteiger partial charge in [-0.15, -0.1) is 11.3 Å². The number of fused-ring (bicyclic) bond motifs is 1. The van der Waals surface area contributed by atoms with Gasteiger partial charge in [0.25, 0.3) is 0 Å². The van der Waals surface area contributed by atoms with E-state index in [-0.39, 0.29) is 23.6 Å². The van der Waals surface area contributed by atoms with E-state index in [1.54, 1.807) is 14.2 Å². The summed E-state index contributed by atoms with van der Waals surface area (Å²) < 4.78 is 34.5. The van der Waals surface area contributed by atoms with Crippen LogP contribution < -0.4 is 19.7 Å². The topological polar surface area (TPSA) is 80.8 Å². The number of methoxy groups -OCH3 is 2. The highest BCUT2D eigenvalue weighted by Gasteiger charge is 2.48. The molecule has 2 saturated heterocycles. The van der Waals surface area contributed by atoms with Crippen molar-refractivity contribution in [1.82, 2.24) is 10.3 Å². The van der Waals surface area contributed by atoms with Crippen LogP contribution >= 0.6 is 23.6 Å². The first kappa shape index (κ1) is 17.5. The highest BCUT2D eigenvalue weighted by atomic mass is 32.2. The van der Waals surface area contributed by atoms with Gasteiger partial charge in [0.05, 0.1) is 43.5 Å². The molecule has 0 bridgehead atoms. The van der Waals surface area contributed by atoms with Crippen molar-refractivity contribution in [2.75, 3.05) is 30.6 Å². The number of thiazole rings is 1. The smallest absolute Gasteiger partial charge is 0.192 e. The van der Waals surface area contributed by atoms with Gasteiger partial charge in [0.1, 0.15) is 0 Å². The monoisotopic (exact) mass is 411 g/mol. The highest BCUT2D eigenvalue weighted by molar-refractivity contribution is 7.91. The van der Waals surface area contributed by atoms with Crippen LogP contribution in [0.4, 0.5) is 5.13 Å². The summed E-state index contributed by atoms with van der Waals surface area (Å²) >= 11 is 6.84. The van der Waals surface area contributed by atoms with Crippen LogP contribution in [-0.4, -0.2) is 56.3 Å². The lowest BCUT2D eigenvalue weighted by Gasteiger charge is -2.19. The normalized spacial score (nSPS) is 23.6. The van der Waals surface area contributed by atoms with Gasteiger partial charge in [-0.05, 0) is 30.4 Å². The first-order chi connectivity index (χ1) is 12.4. The number of sulfone groups is 1. The molecule has 1 aromatic heterocycles. The van der Waals surface area contributed by atoms with Crippen LogP contribution in [-0.2, 0) is 9.84 Å². The minimum atomic E-state index is -3.05. The maximum atomic E-state index is 11.9. The van der Waals surface area contributed by atoms with E-state index in [9.17, 15) is 8.42 Å². The molecule has 1 aromatic carbocycles. The molecule has 10 heteroatoms. The zero-order valence-corrected chi connectivity index (χ0v) is 16.6. The molecule has 26 heavy (non-hydrogen) atoms. The largest absolute Gasteiger partial charge is 0.493 e. The molecule has 2 aromatic rings. The summed E-state index contributed by atoms with van der Waals surface area (Å²) in [5, 5.41) is 6.26. The molecule has 3 heterocycles. The van der Waals surface area contributed by atoms with E-state index in [0.29, 0.717) is 21.7 Å². The molecule has 0 spiro atoms. The van der Waals surface area contributed by atoms with Crippen molar-refractivity contribution < 1.29 is 17.9 Å². The zero-order chi connectivity index (χ0) is 18.5. The molecule has 0 saturated carbocycles. The van der Waals surface area contributed by atoms with E-state index in [1.807, 2.05) is 28.5 Å². The number of nitrogens with one attached hydrogen (secondary N) is 1. The second-order valence-corrected chi connectivity index (χ2v) is 9.53. The Morgan fingerprint density at radius 2 is 2.04 bits per heavy atom. The molecule has 1 N–H and O–H groups in total. The number of anilines is 1. The Hall–Kier alpha value is -1.91. The maximum absolute atomic E-state index is 11.9. The number of ether oxygens (including phenoxy) is 2. The lowest BCUT2D eigenvalue weighted by atomic mass is 10.1. The molecule has 0 radical (unpaired) electrons. The van der Waals surface area contributed by atoms with Crippen molar-refractivity contribution in [3.63, 3.8) is 0 Å². The van der Waals surface area contributed by atoms with E-state index >= 15 is 0 Å². The van der Waals surface area contributed by atoms with Gasteiger partial charge in [-0.1, -0.05) is 0 Å². The Bertz CT molecular complexity index is 973. The predicted molar refractivity (Wildman–Crippen MR) is 105 cm³/mol. The first-order valence-corrected chi connectivity index (χ1v) is 11.0. The number of rotatable bonds is 4. The molecule has 2 atom stereocenters. The summed E-state index contributed by atoms with van der Waals surface area (Å²) in [6.07, 6.45) is 0. The highest BCUT2D eigenvalue weighted by Crippen LogP contribution is 2.36. The standard InChI is InChI=1S/C16H17N3O4S3/c1-22-13-4-3-9(5-14(13)23-2)10-6-25-16(18-10)19-12-8-26(20,21)7-11(12)17-15(19)24/h3-6,11-12H,7-8H2,1-2H3,(H,17,24)/t11-,12+/m0/s1. The van der Waals surface area contributed by atoms with Crippen molar-refractivity contribution >= 4 is 43.6 Å². The van der Waals surface area contributed by atoms with Gasteiger partial charge < -0.3 is 14.8 Å². The number of thiocarbonyl (C=S) groups is 1. The third-order valence-corrected chi connectivity index (χ3v) is 7.43. The Kier molecular flexibility index (Phi) is 4.28. The Morgan fingerprint density at radius 1 is 1.27 bits per heavy atom. The quantitative estimate of drug-likeness (QED) is 0.762. The summed E-state index contributed by atoms with van der Waals surface area (Å²) in [4.78, 5) is 6.51. The minimum absolute atomic E-state index is 0.0933. The van der Waals surface area contributed by atoms with Crippen LogP contribution in [0.15, 0.2) is 23.6 Å². The third kappa shape index (κ3) is 2.91. The Morgan fingerprint density at radius 3 is 2.77 bits per heavy atom. The molecule has 2 fully saturated rings. The van der Waals surface area contributed by atoms with E-state index in [4.69, 9.17) is 21.7 Å². The summed E-state index contributed by atoms with van der Waals surface area (Å²) in [6, 6.07) is 5.23. The number of benzene rings is 1. The number of hydrogen-bond acceptors (Lipinski definition) is 7. The van der Waals surface area contributed by atoms with Gasteiger partial charge in [-0.25, -0.2) is 13.4 Å². The van der Waals surface area contributed by atoms with Crippen molar-refractivity contribution in [3.05, 3.63) is 23.6 Å². The second kappa shape index (κ2) is 6.36. The van der Waals surface area contributed by atoms with Crippen molar-refractivity contribution in [2.24, 2.45) is 0 Å². The predicted octanol–water partition coefficient (Wildman–Crippen LogP) is 1.69. The van der Waals surface area contributed by atoms with Gasteiger partial charge in [0.2, 0.25) is 0 Å². The second-order valence-electron chi connectivity index (χ2n) is 6.16. The summed E-state index contributed by atoms with van der Waals surface area (Å²) in [5.41, 5.74) is 1.66. The molecule has 2 aliphatic rings. The van der Waals surface area contributed by atoms with Crippen molar-refractivity contribution in [1.29, 1.82) is 0 Å². The molecule has 0 unspecified atom stereocenters. The van der Waals surface area contributed by atoms with Crippen LogP contribution in [0.2, 0.25) is 0 Å². The Balaban J connectivity index is 1.65. The molecule has 0 aliphatic carbocycles. The fourth-order valence-electron chi connectivity index (χ4n) is 3.33. The van der Waals surface area contributed by atoms with E-state index in [0.717, 1.165) is 11.3 Å². The summed E-state index contributed by atoms with van der Waals surface area (Å²) in [6.45, 7) is 0. The van der Waals surface area contributed by atoms with E-state index < -0.39 is 9.84 Å². The fraction of sp³-hybridized carbons (Fsp3) is 0.375. The lowest BCUT2D eigenvalue weighted by Crippen LogP contribution is -2.36. The van der Waals surface area contributed by atoms with Gasteiger partial charge >= 0.3 is 0 Å². The van der Waals surface area contributed by atoms with Crippen molar-refractivity contribution in [3.8, 4) is 22.8 Å². The minimum Gasteiger partial charge on any atom is -0.493 e. The third-order valence-electron chi connectivity index (χ3n) is 4.56. The average molecular weight is 412 g/mol. The van der Waals surface area contributed by atoms with Gasteiger partial charge in [0, 0.05) is 10.9 Å². The summed E-state index contributed by atoms with van der Waals surface area (Å²) in [7, 11) is 0.126. The molecular formula is C16H17N3O4S3. The summed E-state index contributed by atoms with van der Waals surface area (Å²) in [5.74, 6) is 1.48. The maximum Gasteiger partial charge on any atom is 0.192 e. The molecular weight excluding hydrogens is 394 g/mol. The molecule has 2 aliphatic heterocycles. The molecule has 4 rings (SSSR count). The SMILES string of the molecule is COc1ccc(-c2csc(N3C(=S)N[C@H]4CS(=O)(=O)C[C@H]43)n2)cc1OC.